The molecular formula is C41H46F3N6O6PSTl-. The SMILES string of the molecule is COCOc1cc(-c2nc3c4c(nc(OC[C@@]56CCCN5C[C@H](F)C6)nc4c2F)N2C[C@@H]4CC[C@H]([C@@H]2CO3)N4C(=O)OC(C)(C)C)c2c(C#[C][Tl])c(F)ccc2c1.P.[SH-]. The average molecular weight is 1040 g/mol. The number of amides is 1. The first-order chi connectivity index (χ1) is 27.4. The minimum Gasteiger partial charge on any atom is -0.813 e. The summed E-state index contributed by atoms with van der Waals surface area (Å²) in [4.78, 5) is 34.1. The quantitative estimate of drug-likeness (QED) is 0.0568. The first kappa shape index (κ1) is 43.7. The summed E-state index contributed by atoms with van der Waals surface area (Å²) in [6, 6.07) is 5.26. The van der Waals surface area contributed by atoms with Crippen LogP contribution in [0.15, 0.2) is 24.3 Å². The summed E-state index contributed by atoms with van der Waals surface area (Å²) >= 11 is 0.263. The number of piperazine rings is 1. The second kappa shape index (κ2) is 16.8. The average Bonchev–Trinajstić information content (AvgIpc) is 3.78. The van der Waals surface area contributed by atoms with E-state index in [0.717, 1.165) is 25.8 Å². The molecule has 1 unspecified atom stereocenters. The second-order valence-corrected chi connectivity index (χ2v) is 17.6. The number of fused-ring (bicyclic) bond motifs is 7. The van der Waals surface area contributed by atoms with E-state index in [1.54, 1.807) is 18.2 Å². The largest absolute Gasteiger partial charge is 0.813 e. The molecule has 0 aliphatic carbocycles. The maximum absolute atomic E-state index is 17.6. The van der Waals surface area contributed by atoms with E-state index < -0.39 is 41.1 Å². The number of pyridine rings is 1. The van der Waals surface area contributed by atoms with Crippen molar-refractivity contribution in [2.75, 3.05) is 51.7 Å². The van der Waals surface area contributed by atoms with Crippen LogP contribution in [0.4, 0.5) is 23.8 Å². The van der Waals surface area contributed by atoms with Crippen molar-refractivity contribution in [2.45, 2.75) is 88.3 Å². The number of halogens is 3. The van der Waals surface area contributed by atoms with E-state index in [1.165, 1.54) is 13.2 Å². The van der Waals surface area contributed by atoms with Gasteiger partial charge in [-0.2, -0.15) is 9.90 Å². The minimum atomic E-state index is -0.965. The van der Waals surface area contributed by atoms with Crippen molar-refractivity contribution in [3.63, 3.8) is 0 Å². The monoisotopic (exact) mass is 1040 g/mol. The number of hydrogen-bond acceptors (Lipinski definition) is 12. The predicted molar refractivity (Wildman–Crippen MR) is 225 cm³/mol. The zero-order valence-electron chi connectivity index (χ0n) is 33.4. The van der Waals surface area contributed by atoms with E-state index in [4.69, 9.17) is 38.6 Å². The van der Waals surface area contributed by atoms with Crippen LogP contribution in [0.2, 0.25) is 0 Å². The van der Waals surface area contributed by atoms with Gasteiger partial charge in [0, 0.05) is 13.0 Å². The van der Waals surface area contributed by atoms with E-state index >= 15 is 8.78 Å². The third-order valence-electron chi connectivity index (χ3n) is 11.8. The number of nitrogens with zero attached hydrogens (tertiary/aromatic N) is 6. The number of ether oxygens (including phenoxy) is 5. The van der Waals surface area contributed by atoms with Crippen molar-refractivity contribution >= 4 is 82.7 Å². The third-order valence-corrected chi connectivity index (χ3v) is 12.4. The van der Waals surface area contributed by atoms with Crippen LogP contribution in [0.1, 0.15) is 58.4 Å². The molecule has 4 aromatic rings. The molecule has 0 saturated carbocycles. The van der Waals surface area contributed by atoms with Crippen LogP contribution in [0, 0.1) is 21.0 Å². The van der Waals surface area contributed by atoms with Crippen molar-refractivity contribution in [3.8, 4) is 38.3 Å². The molecule has 0 radical (unpaired) electrons. The van der Waals surface area contributed by atoms with Crippen LogP contribution in [0.25, 0.3) is 32.9 Å². The Kier molecular flexibility index (Phi) is 12.5. The van der Waals surface area contributed by atoms with Crippen LogP contribution in [0.3, 0.4) is 0 Å². The van der Waals surface area contributed by atoms with Gasteiger partial charge in [0.15, 0.2) is 0 Å². The Bertz CT molecular complexity index is 2370. The molecule has 18 heteroatoms. The van der Waals surface area contributed by atoms with E-state index in [9.17, 15) is 9.18 Å². The molecule has 9 rings (SSSR count). The van der Waals surface area contributed by atoms with Gasteiger partial charge in [-0.25, -0.2) is 9.18 Å². The Hall–Kier alpha value is -3.37. The molecule has 5 aliphatic heterocycles. The zero-order valence-corrected chi connectivity index (χ0v) is 40.2. The molecule has 2 aromatic heterocycles. The number of alkyl halides is 1. The number of methoxy groups -OCH3 is 1. The topological polar surface area (TPSA) is 112 Å². The Morgan fingerprint density at radius 2 is 1.90 bits per heavy atom. The molecule has 7 heterocycles. The van der Waals surface area contributed by atoms with Crippen LogP contribution in [0.5, 0.6) is 17.6 Å². The summed E-state index contributed by atoms with van der Waals surface area (Å²) in [5.41, 5.74) is -1.11. The number of thiol groups is 1. The number of benzene rings is 2. The van der Waals surface area contributed by atoms with Crippen LogP contribution < -0.4 is 19.1 Å². The van der Waals surface area contributed by atoms with E-state index in [-0.39, 0.29) is 121 Å². The number of aromatic nitrogens is 3. The first-order valence-corrected chi connectivity index (χ1v) is 21.6. The summed E-state index contributed by atoms with van der Waals surface area (Å²) in [6.07, 6.45) is 2.11. The van der Waals surface area contributed by atoms with Gasteiger partial charge in [-0.15, -0.1) is 0 Å². The van der Waals surface area contributed by atoms with Gasteiger partial charge in [0.2, 0.25) is 0 Å². The molecular weight excluding hydrogens is 997 g/mol. The van der Waals surface area contributed by atoms with Gasteiger partial charge >= 0.3 is 232 Å². The normalized spacial score (nSPS) is 24.2. The van der Waals surface area contributed by atoms with Crippen molar-refractivity contribution in [1.82, 2.24) is 24.8 Å². The van der Waals surface area contributed by atoms with E-state index in [2.05, 4.69) is 19.2 Å². The van der Waals surface area contributed by atoms with Crippen molar-refractivity contribution in [2.24, 2.45) is 0 Å². The van der Waals surface area contributed by atoms with Crippen molar-refractivity contribution in [1.29, 1.82) is 0 Å². The molecule has 2 aromatic carbocycles. The Balaban J connectivity index is 0.00000264. The van der Waals surface area contributed by atoms with Gasteiger partial charge in [-0.05, 0) is 53.0 Å². The molecule has 0 N–H and O–H groups in total. The molecule has 5 aliphatic rings. The standard InChI is InChI=1S/C41H42F3N6O6.H3P.H2S.Tl/c1-6-26-28(43)10-8-22-14-25(55-21-52-5)15-27(31(22)26)34-33(44)35-32-36(47-38(46-35)54-20-41-12-7-13-48(41)17-23(42)16-41)49-18-24-9-11-29(30(49)19-53-37(32)45-34)50(24)39(51)56-40(2,3)4;;;/h8,10,14-15,23-24,29-30H,7,9,11-13,16-21H2,2-5H3;1H3;1H2;/p-1/t23-,24+,29-,30+,41+;;;/m1.../s1. The number of rotatable bonds is 7. The molecule has 0 spiro atoms. The van der Waals surface area contributed by atoms with Gasteiger partial charge in [0.05, 0.1) is 11.6 Å². The van der Waals surface area contributed by atoms with Gasteiger partial charge in [-0.1, -0.05) is 0 Å². The van der Waals surface area contributed by atoms with Crippen molar-refractivity contribution < 1.29 is 41.7 Å². The minimum absolute atomic E-state index is 0. The Morgan fingerprint density at radius 3 is 2.66 bits per heavy atom. The smallest absolute Gasteiger partial charge is 0.153 e. The summed E-state index contributed by atoms with van der Waals surface area (Å²) in [6.45, 7) is 7.17. The molecule has 6 atom stereocenters. The molecule has 2 bridgehead atoms. The van der Waals surface area contributed by atoms with E-state index in [0.29, 0.717) is 48.3 Å². The summed E-state index contributed by atoms with van der Waals surface area (Å²) in [5.74, 6) is 2.38. The van der Waals surface area contributed by atoms with Gasteiger partial charge in [0.25, 0.3) is 0 Å². The van der Waals surface area contributed by atoms with Gasteiger partial charge in [0.1, 0.15) is 11.8 Å². The molecule has 4 saturated heterocycles. The number of carbonyl (C=O) groups is 1. The maximum Gasteiger partial charge on any atom is -0.153 e. The Labute approximate surface area is 366 Å². The Morgan fingerprint density at radius 1 is 1.08 bits per heavy atom. The van der Waals surface area contributed by atoms with E-state index in [1.807, 2.05) is 25.7 Å². The summed E-state index contributed by atoms with van der Waals surface area (Å²) in [7, 11) is 1.49. The first-order valence-electron chi connectivity index (χ1n) is 19.3. The summed E-state index contributed by atoms with van der Waals surface area (Å²) in [5, 5.41) is 1.17. The molecule has 312 valence electrons. The number of carbonyl (C=O) groups excluding carboxylic acids is 1. The van der Waals surface area contributed by atoms with Gasteiger partial charge in [-0.3, -0.25) is 9.80 Å². The fraction of sp³-hybridized carbons (Fsp3) is 0.512. The van der Waals surface area contributed by atoms with Crippen LogP contribution in [-0.2, 0) is 23.0 Å². The van der Waals surface area contributed by atoms with Crippen molar-refractivity contribution in [3.05, 3.63) is 41.5 Å². The third kappa shape index (κ3) is 7.76. The molecule has 12 nitrogen and oxygen atoms in total. The fourth-order valence-electron chi connectivity index (χ4n) is 9.56. The summed E-state index contributed by atoms with van der Waals surface area (Å²) < 4.78 is 80.7. The second-order valence-electron chi connectivity index (χ2n) is 16.5. The zero-order chi connectivity index (χ0) is 39.8. The van der Waals surface area contributed by atoms with Crippen LogP contribution >= 0.6 is 9.90 Å². The maximum atomic E-state index is 17.6. The van der Waals surface area contributed by atoms with Crippen LogP contribution in [-0.4, -0.2) is 139 Å². The molecule has 4 fully saturated rings. The molecule has 1 amide bonds. The predicted octanol–water partition coefficient (Wildman–Crippen LogP) is 5.68. The number of hydrogen-bond donors (Lipinski definition) is 0. The van der Waals surface area contributed by atoms with Gasteiger partial charge < -0.3 is 18.2 Å². The molecule has 59 heavy (non-hydrogen) atoms. The number of anilines is 1. The fourth-order valence-corrected chi connectivity index (χ4v) is 10.1.